The van der Waals surface area contributed by atoms with E-state index in [0.717, 1.165) is 90.2 Å². The summed E-state index contributed by atoms with van der Waals surface area (Å²) in [7, 11) is 0. The number of aliphatic imine (C=N–C) groups is 1. The van der Waals surface area contributed by atoms with Crippen molar-refractivity contribution in [3.8, 4) is 0 Å². The number of piperidine rings is 1. The van der Waals surface area contributed by atoms with Crippen molar-refractivity contribution in [2.24, 2.45) is 4.99 Å². The van der Waals surface area contributed by atoms with Gasteiger partial charge in [0, 0.05) is 45.4 Å². The zero-order chi connectivity index (χ0) is 21.0. The average molecular weight is 545 g/mol. The summed E-state index contributed by atoms with van der Waals surface area (Å²) in [6.07, 6.45) is 7.25. The molecule has 6 nitrogen and oxygen atoms in total. The lowest BCUT2D eigenvalue weighted by Crippen LogP contribution is -2.45. The Balaban J connectivity index is 0.00000341. The van der Waals surface area contributed by atoms with E-state index in [9.17, 15) is 5.11 Å². The van der Waals surface area contributed by atoms with Gasteiger partial charge in [-0.25, -0.2) is 0 Å². The first-order chi connectivity index (χ1) is 14.7. The van der Waals surface area contributed by atoms with E-state index < -0.39 is 0 Å². The van der Waals surface area contributed by atoms with Crippen molar-refractivity contribution < 1.29 is 9.84 Å². The van der Waals surface area contributed by atoms with E-state index in [1.807, 2.05) is 0 Å². The third-order valence-corrected chi connectivity index (χ3v) is 6.09. The molecule has 176 valence electrons. The number of aliphatic hydroxyl groups excluding tert-OH is 1. The van der Waals surface area contributed by atoms with Gasteiger partial charge < -0.3 is 20.5 Å². The van der Waals surface area contributed by atoms with Crippen LogP contribution in [0.1, 0.15) is 57.4 Å². The first-order valence-corrected chi connectivity index (χ1v) is 11.8. The molecule has 1 aliphatic heterocycles. The predicted molar refractivity (Wildman–Crippen MR) is 138 cm³/mol. The summed E-state index contributed by atoms with van der Waals surface area (Å²) in [6.45, 7) is 7.78. The van der Waals surface area contributed by atoms with Crippen LogP contribution in [0.5, 0.6) is 0 Å². The number of likely N-dealkylation sites (tertiary alicyclic amines) is 1. The van der Waals surface area contributed by atoms with Gasteiger partial charge in [0.2, 0.25) is 0 Å². The standard InChI is InChI=1S/C24H40N4O2.HI/c1-2-25-24(27-21-9-11-22(29)12-10-21)26-15-6-18-30-23-13-16-28(17-14-23)19-20-7-4-3-5-8-20;/h3-5,7-8,21-23,29H,2,6,9-19H2,1H3,(H2,25,26,27);1H. The Labute approximate surface area is 205 Å². The van der Waals surface area contributed by atoms with E-state index in [2.05, 4.69) is 52.8 Å². The molecule has 0 bridgehead atoms. The van der Waals surface area contributed by atoms with Gasteiger partial charge in [-0.3, -0.25) is 9.89 Å². The summed E-state index contributed by atoms with van der Waals surface area (Å²) >= 11 is 0. The number of guanidine groups is 1. The van der Waals surface area contributed by atoms with Gasteiger partial charge >= 0.3 is 0 Å². The maximum atomic E-state index is 9.66. The van der Waals surface area contributed by atoms with Gasteiger partial charge in [-0.2, -0.15) is 0 Å². The molecule has 3 rings (SSSR count). The number of aliphatic hydroxyl groups is 1. The molecule has 0 radical (unpaired) electrons. The zero-order valence-electron chi connectivity index (χ0n) is 19.0. The van der Waals surface area contributed by atoms with Crippen molar-refractivity contribution in [2.45, 2.75) is 76.7 Å². The molecule has 1 saturated carbocycles. The summed E-state index contributed by atoms with van der Waals surface area (Å²) in [5.74, 6) is 0.896. The molecule has 1 aliphatic carbocycles. The van der Waals surface area contributed by atoms with Gasteiger partial charge in [0.1, 0.15) is 0 Å². The monoisotopic (exact) mass is 544 g/mol. The van der Waals surface area contributed by atoms with Crippen molar-refractivity contribution in [3.05, 3.63) is 35.9 Å². The third kappa shape index (κ3) is 10.1. The second-order valence-electron chi connectivity index (χ2n) is 8.60. The Morgan fingerprint density at radius 3 is 2.48 bits per heavy atom. The summed E-state index contributed by atoms with van der Waals surface area (Å²) in [5.41, 5.74) is 1.39. The minimum absolute atomic E-state index is 0. The predicted octanol–water partition coefficient (Wildman–Crippen LogP) is 3.53. The molecule has 0 unspecified atom stereocenters. The molecule has 1 aromatic rings. The Hall–Kier alpha value is -0.900. The number of benzene rings is 1. The number of nitrogens with one attached hydrogen (secondary N) is 2. The van der Waals surface area contributed by atoms with Gasteiger partial charge in [0.15, 0.2) is 5.96 Å². The summed E-state index contributed by atoms with van der Waals surface area (Å²) in [5, 5.41) is 16.5. The van der Waals surface area contributed by atoms with Crippen molar-refractivity contribution in [2.75, 3.05) is 32.8 Å². The lowest BCUT2D eigenvalue weighted by atomic mass is 9.93. The highest BCUT2D eigenvalue weighted by Gasteiger charge is 2.20. The van der Waals surface area contributed by atoms with Crippen LogP contribution in [-0.2, 0) is 11.3 Å². The average Bonchev–Trinajstić information content (AvgIpc) is 2.77. The molecule has 0 amide bonds. The van der Waals surface area contributed by atoms with E-state index >= 15 is 0 Å². The second-order valence-corrected chi connectivity index (χ2v) is 8.60. The fourth-order valence-corrected chi connectivity index (χ4v) is 4.31. The van der Waals surface area contributed by atoms with Crippen LogP contribution in [0.4, 0.5) is 0 Å². The lowest BCUT2D eigenvalue weighted by molar-refractivity contribution is 0.00565. The minimum atomic E-state index is -0.120. The summed E-state index contributed by atoms with van der Waals surface area (Å²) in [6, 6.07) is 11.1. The number of hydrogen-bond donors (Lipinski definition) is 3. The van der Waals surface area contributed by atoms with E-state index in [1.54, 1.807) is 0 Å². The van der Waals surface area contributed by atoms with Crippen LogP contribution >= 0.6 is 24.0 Å². The molecular formula is C24H41IN4O2. The van der Waals surface area contributed by atoms with Gasteiger partial charge in [0.25, 0.3) is 0 Å². The maximum Gasteiger partial charge on any atom is 0.191 e. The lowest BCUT2D eigenvalue weighted by Gasteiger charge is -2.31. The smallest absolute Gasteiger partial charge is 0.191 e. The van der Waals surface area contributed by atoms with Crippen LogP contribution in [0.3, 0.4) is 0 Å². The summed E-state index contributed by atoms with van der Waals surface area (Å²) < 4.78 is 6.12. The largest absolute Gasteiger partial charge is 0.393 e. The van der Waals surface area contributed by atoms with Crippen molar-refractivity contribution in [3.63, 3.8) is 0 Å². The number of hydrogen-bond acceptors (Lipinski definition) is 4. The molecule has 0 atom stereocenters. The number of nitrogens with zero attached hydrogens (tertiary/aromatic N) is 2. The zero-order valence-corrected chi connectivity index (χ0v) is 21.3. The van der Waals surface area contributed by atoms with Gasteiger partial charge in [-0.05, 0) is 57.4 Å². The van der Waals surface area contributed by atoms with E-state index in [1.165, 1.54) is 5.56 Å². The Morgan fingerprint density at radius 1 is 1.10 bits per heavy atom. The van der Waals surface area contributed by atoms with Crippen LogP contribution in [0.25, 0.3) is 0 Å². The number of ether oxygens (including phenoxy) is 1. The second kappa shape index (κ2) is 15.0. The number of rotatable bonds is 9. The highest BCUT2D eigenvalue weighted by atomic mass is 127. The Morgan fingerprint density at radius 2 is 1.81 bits per heavy atom. The number of halogens is 1. The van der Waals surface area contributed by atoms with Crippen LogP contribution in [0.2, 0.25) is 0 Å². The Kier molecular flexibility index (Phi) is 12.8. The van der Waals surface area contributed by atoms with Crippen LogP contribution in [0, 0.1) is 0 Å². The molecular weight excluding hydrogens is 503 g/mol. The van der Waals surface area contributed by atoms with Crippen LogP contribution < -0.4 is 10.6 Å². The first-order valence-electron chi connectivity index (χ1n) is 11.8. The van der Waals surface area contributed by atoms with Crippen LogP contribution in [0.15, 0.2) is 35.3 Å². The summed E-state index contributed by atoms with van der Waals surface area (Å²) in [4.78, 5) is 7.24. The highest BCUT2D eigenvalue weighted by Crippen LogP contribution is 2.18. The molecule has 31 heavy (non-hydrogen) atoms. The molecule has 3 N–H and O–H groups in total. The van der Waals surface area contributed by atoms with Crippen molar-refractivity contribution in [1.29, 1.82) is 0 Å². The third-order valence-electron chi connectivity index (χ3n) is 6.09. The normalized spacial score (nSPS) is 23.2. The Bertz CT molecular complexity index is 615. The van der Waals surface area contributed by atoms with E-state index in [0.29, 0.717) is 12.1 Å². The molecule has 1 heterocycles. The fourth-order valence-electron chi connectivity index (χ4n) is 4.31. The molecule has 7 heteroatoms. The van der Waals surface area contributed by atoms with Crippen molar-refractivity contribution >= 4 is 29.9 Å². The van der Waals surface area contributed by atoms with Crippen LogP contribution in [-0.4, -0.2) is 67.0 Å². The van der Waals surface area contributed by atoms with Gasteiger partial charge in [-0.1, -0.05) is 30.3 Å². The quantitative estimate of drug-likeness (QED) is 0.192. The van der Waals surface area contributed by atoms with E-state index in [4.69, 9.17) is 9.73 Å². The molecule has 0 aromatic heterocycles. The minimum Gasteiger partial charge on any atom is -0.393 e. The van der Waals surface area contributed by atoms with E-state index in [-0.39, 0.29) is 30.1 Å². The molecule has 1 saturated heterocycles. The topological polar surface area (TPSA) is 69.1 Å². The highest BCUT2D eigenvalue weighted by molar-refractivity contribution is 14.0. The molecule has 0 spiro atoms. The molecule has 2 aliphatic rings. The molecule has 2 fully saturated rings. The maximum absolute atomic E-state index is 9.66. The SMILES string of the molecule is CCNC(=NCCCOC1CCN(Cc2ccccc2)CC1)NC1CCC(O)CC1.I. The van der Waals surface area contributed by atoms with Crippen molar-refractivity contribution in [1.82, 2.24) is 15.5 Å². The van der Waals surface area contributed by atoms with Gasteiger partial charge in [0.05, 0.1) is 12.2 Å². The van der Waals surface area contributed by atoms with Gasteiger partial charge in [-0.15, -0.1) is 24.0 Å². The molecule has 1 aromatic carbocycles. The fraction of sp³-hybridized carbons (Fsp3) is 0.708. The first kappa shape index (κ1) is 26.4.